The molecule has 3 aromatic rings. The van der Waals surface area contributed by atoms with E-state index in [1.54, 1.807) is 12.1 Å². The quantitative estimate of drug-likeness (QED) is 0.543. The summed E-state index contributed by atoms with van der Waals surface area (Å²) in [6.07, 6.45) is 9.88. The maximum absolute atomic E-state index is 15.0. The Morgan fingerprint density at radius 2 is 1.88 bits per heavy atom. The van der Waals surface area contributed by atoms with Crippen molar-refractivity contribution in [2.45, 2.75) is 71.4 Å². The van der Waals surface area contributed by atoms with Crippen LogP contribution in [0, 0.1) is 11.2 Å². The molecular formula is C25H33FN6. The number of hydrogen-bond acceptors (Lipinski definition) is 4. The number of anilines is 1. The van der Waals surface area contributed by atoms with Crippen LogP contribution in [0.1, 0.15) is 64.2 Å². The summed E-state index contributed by atoms with van der Waals surface area (Å²) in [4.78, 5) is 11.7. The fourth-order valence-electron chi connectivity index (χ4n) is 4.98. The number of halogens is 1. The highest BCUT2D eigenvalue weighted by Gasteiger charge is 2.31. The first-order chi connectivity index (χ1) is 15.3. The van der Waals surface area contributed by atoms with Crippen LogP contribution in [0.15, 0.2) is 24.4 Å². The Hall–Kier alpha value is -2.70. The first kappa shape index (κ1) is 21.2. The van der Waals surface area contributed by atoms with E-state index in [0.29, 0.717) is 16.8 Å². The molecule has 1 saturated carbocycles. The molecule has 1 aromatic carbocycles. The lowest BCUT2D eigenvalue weighted by molar-refractivity contribution is 0.187. The highest BCUT2D eigenvalue weighted by molar-refractivity contribution is 5.63. The fraction of sp³-hybridized carbons (Fsp3) is 0.560. The summed E-state index contributed by atoms with van der Waals surface area (Å²) in [5.41, 5.74) is 2.48. The predicted molar refractivity (Wildman–Crippen MR) is 125 cm³/mol. The van der Waals surface area contributed by atoms with E-state index in [4.69, 9.17) is 15.1 Å². The SMILES string of the molecule is CN(C)c1ccc(-c2nc(-c3cn4c(n3)CCCC4)n(C3CCC(C)(C)CC3)n2)c(F)c1. The van der Waals surface area contributed by atoms with Gasteiger partial charge in [-0.3, -0.25) is 0 Å². The molecule has 5 rings (SSSR count). The number of hydrogen-bond donors (Lipinski definition) is 0. The van der Waals surface area contributed by atoms with Crippen molar-refractivity contribution in [3.05, 3.63) is 36.0 Å². The second-order valence-corrected chi connectivity index (χ2v) is 10.4. The summed E-state index contributed by atoms with van der Waals surface area (Å²) >= 11 is 0. The standard InChI is InChI=1S/C25H33FN6/c1-25(2)12-10-17(11-13-25)32-24(21-16-31-14-6-5-7-22(31)27-21)28-23(29-32)19-9-8-18(30(3)4)15-20(19)26/h8-9,15-17H,5-7,10-14H2,1-4H3. The molecule has 170 valence electrons. The lowest BCUT2D eigenvalue weighted by Gasteiger charge is -2.34. The van der Waals surface area contributed by atoms with E-state index in [2.05, 4.69) is 24.6 Å². The summed E-state index contributed by atoms with van der Waals surface area (Å²) < 4.78 is 19.3. The van der Waals surface area contributed by atoms with Crippen molar-refractivity contribution >= 4 is 5.69 Å². The van der Waals surface area contributed by atoms with Gasteiger partial charge in [-0.1, -0.05) is 13.8 Å². The van der Waals surface area contributed by atoms with E-state index in [9.17, 15) is 0 Å². The van der Waals surface area contributed by atoms with Crippen LogP contribution in [0.25, 0.3) is 22.9 Å². The molecule has 1 fully saturated rings. The predicted octanol–water partition coefficient (Wildman–Crippen LogP) is 5.49. The molecule has 1 aliphatic carbocycles. The number of rotatable bonds is 4. The highest BCUT2D eigenvalue weighted by Crippen LogP contribution is 2.41. The second kappa shape index (κ2) is 8.01. The Morgan fingerprint density at radius 1 is 1.09 bits per heavy atom. The first-order valence-electron chi connectivity index (χ1n) is 11.8. The molecule has 0 bridgehead atoms. The number of nitrogens with zero attached hydrogens (tertiary/aromatic N) is 6. The lowest BCUT2D eigenvalue weighted by Crippen LogP contribution is -2.24. The third-order valence-electron chi connectivity index (χ3n) is 7.13. The molecule has 0 spiro atoms. The number of imidazole rings is 1. The summed E-state index contributed by atoms with van der Waals surface area (Å²) in [7, 11) is 3.81. The minimum Gasteiger partial charge on any atom is -0.378 e. The zero-order valence-electron chi connectivity index (χ0n) is 19.6. The first-order valence-corrected chi connectivity index (χ1v) is 11.8. The Kier molecular flexibility index (Phi) is 5.30. The molecule has 2 aromatic heterocycles. The average Bonchev–Trinajstić information content (AvgIpc) is 3.38. The van der Waals surface area contributed by atoms with Gasteiger partial charge in [0.25, 0.3) is 0 Å². The van der Waals surface area contributed by atoms with Crippen molar-refractivity contribution in [3.8, 4) is 22.9 Å². The van der Waals surface area contributed by atoms with Gasteiger partial charge < -0.3 is 9.47 Å². The minimum absolute atomic E-state index is 0.266. The largest absolute Gasteiger partial charge is 0.378 e. The normalized spacial score (nSPS) is 18.5. The Labute approximate surface area is 189 Å². The van der Waals surface area contributed by atoms with Crippen molar-refractivity contribution in [3.63, 3.8) is 0 Å². The van der Waals surface area contributed by atoms with E-state index in [0.717, 1.165) is 61.7 Å². The summed E-state index contributed by atoms with van der Waals surface area (Å²) in [5, 5.41) is 4.87. The molecule has 0 radical (unpaired) electrons. The van der Waals surface area contributed by atoms with Crippen molar-refractivity contribution in [2.24, 2.45) is 5.41 Å². The zero-order valence-corrected chi connectivity index (χ0v) is 19.6. The van der Waals surface area contributed by atoms with Crippen LogP contribution in [0.4, 0.5) is 10.1 Å². The Morgan fingerprint density at radius 3 is 2.56 bits per heavy atom. The maximum Gasteiger partial charge on any atom is 0.184 e. The van der Waals surface area contributed by atoms with Crippen molar-refractivity contribution in [2.75, 3.05) is 19.0 Å². The van der Waals surface area contributed by atoms with Crippen LogP contribution in [0.5, 0.6) is 0 Å². The molecule has 0 N–H and O–H groups in total. The maximum atomic E-state index is 15.0. The summed E-state index contributed by atoms with van der Waals surface area (Å²) in [6, 6.07) is 5.52. The van der Waals surface area contributed by atoms with Crippen molar-refractivity contribution in [1.29, 1.82) is 0 Å². The van der Waals surface area contributed by atoms with E-state index in [1.807, 2.05) is 29.7 Å². The van der Waals surface area contributed by atoms with Gasteiger partial charge in [-0.05, 0) is 62.1 Å². The Bertz CT molecular complexity index is 1090. The molecule has 0 unspecified atom stereocenters. The molecule has 6 nitrogen and oxygen atoms in total. The molecule has 0 amide bonds. The van der Waals surface area contributed by atoms with E-state index >= 15 is 4.39 Å². The molecule has 0 saturated heterocycles. The van der Waals surface area contributed by atoms with Crippen LogP contribution in [-0.2, 0) is 13.0 Å². The molecule has 32 heavy (non-hydrogen) atoms. The zero-order chi connectivity index (χ0) is 22.5. The molecule has 0 atom stereocenters. The van der Waals surface area contributed by atoms with Gasteiger partial charge in [0.05, 0.1) is 11.6 Å². The summed E-state index contributed by atoms with van der Waals surface area (Å²) in [6.45, 7) is 5.67. The van der Waals surface area contributed by atoms with Crippen molar-refractivity contribution in [1.82, 2.24) is 24.3 Å². The van der Waals surface area contributed by atoms with Crippen LogP contribution in [0.3, 0.4) is 0 Å². The molecular weight excluding hydrogens is 403 g/mol. The highest BCUT2D eigenvalue weighted by atomic mass is 19.1. The van der Waals surface area contributed by atoms with E-state index < -0.39 is 0 Å². The molecule has 3 heterocycles. The van der Waals surface area contributed by atoms with Crippen molar-refractivity contribution < 1.29 is 4.39 Å². The van der Waals surface area contributed by atoms with Gasteiger partial charge in [0.1, 0.15) is 17.3 Å². The minimum atomic E-state index is -0.297. The van der Waals surface area contributed by atoms with Gasteiger partial charge in [-0.2, -0.15) is 0 Å². The fourth-order valence-corrected chi connectivity index (χ4v) is 4.98. The number of aryl methyl sites for hydroxylation is 2. The van der Waals surface area contributed by atoms with Crippen LogP contribution < -0.4 is 4.90 Å². The third-order valence-corrected chi connectivity index (χ3v) is 7.13. The Balaban J connectivity index is 1.57. The molecule has 1 aliphatic heterocycles. The van der Waals surface area contributed by atoms with Crippen LogP contribution in [-0.4, -0.2) is 38.4 Å². The molecule has 7 heteroatoms. The third kappa shape index (κ3) is 3.93. The average molecular weight is 437 g/mol. The van der Waals surface area contributed by atoms with E-state index in [-0.39, 0.29) is 11.9 Å². The lowest BCUT2D eigenvalue weighted by atomic mass is 9.75. The number of benzene rings is 1. The smallest absolute Gasteiger partial charge is 0.184 e. The van der Waals surface area contributed by atoms with Crippen LogP contribution >= 0.6 is 0 Å². The second-order valence-electron chi connectivity index (χ2n) is 10.4. The van der Waals surface area contributed by atoms with E-state index in [1.165, 1.54) is 12.8 Å². The van der Waals surface area contributed by atoms with Gasteiger partial charge in [0.2, 0.25) is 0 Å². The summed E-state index contributed by atoms with van der Waals surface area (Å²) in [5.74, 6) is 2.03. The number of aromatic nitrogens is 5. The van der Waals surface area contributed by atoms with Gasteiger partial charge in [0.15, 0.2) is 11.6 Å². The van der Waals surface area contributed by atoms with Crippen LogP contribution in [0.2, 0.25) is 0 Å². The number of fused-ring (bicyclic) bond motifs is 1. The topological polar surface area (TPSA) is 51.8 Å². The van der Waals surface area contributed by atoms with Gasteiger partial charge in [-0.25, -0.2) is 19.0 Å². The monoisotopic (exact) mass is 436 g/mol. The van der Waals surface area contributed by atoms with Gasteiger partial charge in [-0.15, -0.1) is 5.10 Å². The van der Waals surface area contributed by atoms with Gasteiger partial charge >= 0.3 is 0 Å². The molecule has 2 aliphatic rings. The van der Waals surface area contributed by atoms with Gasteiger partial charge in [0, 0.05) is 38.9 Å².